The fraction of sp³-hybridized carbons (Fsp3) is 0.471. The van der Waals surface area contributed by atoms with Gasteiger partial charge in [-0.25, -0.2) is 0 Å². The lowest BCUT2D eigenvalue weighted by molar-refractivity contribution is -0.921. The van der Waals surface area contributed by atoms with Crippen LogP contribution in [0.3, 0.4) is 0 Å². The summed E-state index contributed by atoms with van der Waals surface area (Å²) in [5.41, 5.74) is 1.21. The standard InChI is InChI=1S/C17H22N4O2S2/c1-19-15(10-13-6-4-3-5-7-13)18-21(17(19)24)12-20-8-9-25-14(11-20)16(22)23-2/h3-7,14H,8-12H2,1-2H3/p+1/t14-/m0/s1. The van der Waals surface area contributed by atoms with E-state index in [-0.39, 0.29) is 11.2 Å². The monoisotopic (exact) mass is 379 g/mol. The van der Waals surface area contributed by atoms with Gasteiger partial charge in [-0.2, -0.15) is 9.78 Å². The van der Waals surface area contributed by atoms with Crippen LogP contribution in [-0.4, -0.2) is 51.5 Å². The number of nitrogens with zero attached hydrogens (tertiary/aromatic N) is 3. The Bertz CT molecular complexity index is 788. The van der Waals surface area contributed by atoms with Gasteiger partial charge in [-0.3, -0.25) is 4.79 Å². The second-order valence-corrected chi connectivity index (χ2v) is 7.84. The molecule has 0 aliphatic carbocycles. The largest absolute Gasteiger partial charge is 0.468 e. The van der Waals surface area contributed by atoms with E-state index in [0.29, 0.717) is 11.4 Å². The molecular weight excluding hydrogens is 356 g/mol. The van der Waals surface area contributed by atoms with E-state index in [1.165, 1.54) is 17.6 Å². The SMILES string of the molecule is COC(=O)[C@@H]1C[NH+](Cn2nc(Cc3ccccc3)n(C)c2=S)CCS1. The van der Waals surface area contributed by atoms with Gasteiger partial charge >= 0.3 is 5.97 Å². The summed E-state index contributed by atoms with van der Waals surface area (Å²) in [6.45, 7) is 2.41. The van der Waals surface area contributed by atoms with Crippen molar-refractivity contribution < 1.29 is 14.4 Å². The maximum absolute atomic E-state index is 11.8. The topological polar surface area (TPSA) is 53.5 Å². The van der Waals surface area contributed by atoms with Gasteiger partial charge < -0.3 is 14.2 Å². The second-order valence-electron chi connectivity index (χ2n) is 6.16. The van der Waals surface area contributed by atoms with Crippen LogP contribution in [0.4, 0.5) is 0 Å². The molecule has 2 heterocycles. The number of ether oxygens (including phenoxy) is 1. The molecule has 2 aromatic rings. The number of quaternary nitrogens is 1. The van der Waals surface area contributed by atoms with Gasteiger partial charge in [0, 0.05) is 19.2 Å². The predicted molar refractivity (Wildman–Crippen MR) is 100 cm³/mol. The summed E-state index contributed by atoms with van der Waals surface area (Å²) in [5, 5.41) is 4.62. The highest BCUT2D eigenvalue weighted by Gasteiger charge is 2.30. The minimum absolute atomic E-state index is 0.101. The Labute approximate surface area is 156 Å². The van der Waals surface area contributed by atoms with Crippen LogP contribution < -0.4 is 4.90 Å². The summed E-state index contributed by atoms with van der Waals surface area (Å²) in [5.74, 6) is 1.75. The average Bonchev–Trinajstić information content (AvgIpc) is 2.90. The number of hydrogen-bond donors (Lipinski definition) is 1. The molecule has 1 aromatic carbocycles. The molecule has 1 unspecified atom stereocenters. The number of benzene rings is 1. The number of rotatable bonds is 5. The first-order chi connectivity index (χ1) is 12.1. The molecule has 0 amide bonds. The van der Waals surface area contributed by atoms with Crippen LogP contribution in [0.25, 0.3) is 0 Å². The number of nitrogens with one attached hydrogen (secondary N) is 1. The Balaban J connectivity index is 1.72. The van der Waals surface area contributed by atoms with Gasteiger partial charge in [0.15, 0.2) is 11.9 Å². The molecule has 0 saturated carbocycles. The molecule has 25 heavy (non-hydrogen) atoms. The molecular formula is C17H23N4O2S2+. The number of esters is 1. The van der Waals surface area contributed by atoms with Crippen LogP contribution in [0.15, 0.2) is 30.3 Å². The molecule has 1 saturated heterocycles. The highest BCUT2D eigenvalue weighted by Crippen LogP contribution is 2.13. The van der Waals surface area contributed by atoms with Gasteiger partial charge in [-0.05, 0) is 17.8 Å². The minimum atomic E-state index is -0.142. The first-order valence-electron chi connectivity index (χ1n) is 8.28. The Morgan fingerprint density at radius 2 is 2.20 bits per heavy atom. The van der Waals surface area contributed by atoms with Crippen molar-refractivity contribution in [2.45, 2.75) is 18.3 Å². The first kappa shape index (κ1) is 18.2. The van der Waals surface area contributed by atoms with E-state index in [4.69, 9.17) is 22.1 Å². The molecule has 8 heteroatoms. The lowest BCUT2D eigenvalue weighted by Gasteiger charge is -2.27. The zero-order chi connectivity index (χ0) is 17.8. The van der Waals surface area contributed by atoms with Crippen LogP contribution in [0.1, 0.15) is 11.4 Å². The number of carbonyl (C=O) groups excluding carboxylic acids is 1. The zero-order valence-corrected chi connectivity index (χ0v) is 16.1. The van der Waals surface area contributed by atoms with Gasteiger partial charge in [0.1, 0.15) is 12.4 Å². The predicted octanol–water partition coefficient (Wildman–Crippen LogP) is 0.673. The van der Waals surface area contributed by atoms with E-state index < -0.39 is 0 Å². The van der Waals surface area contributed by atoms with Crippen molar-refractivity contribution in [2.75, 3.05) is 26.0 Å². The summed E-state index contributed by atoms with van der Waals surface area (Å²) in [6, 6.07) is 10.3. The Morgan fingerprint density at radius 3 is 2.92 bits per heavy atom. The fourth-order valence-corrected chi connectivity index (χ4v) is 4.46. The van der Waals surface area contributed by atoms with Gasteiger partial charge in [0.25, 0.3) is 0 Å². The molecule has 1 fully saturated rings. The van der Waals surface area contributed by atoms with Crippen molar-refractivity contribution in [2.24, 2.45) is 7.05 Å². The van der Waals surface area contributed by atoms with Crippen molar-refractivity contribution in [3.63, 3.8) is 0 Å². The average molecular weight is 380 g/mol. The summed E-state index contributed by atoms with van der Waals surface area (Å²) in [7, 11) is 3.41. The van der Waals surface area contributed by atoms with Crippen molar-refractivity contribution >= 4 is 29.9 Å². The molecule has 3 rings (SSSR count). The third-order valence-electron chi connectivity index (χ3n) is 4.42. The van der Waals surface area contributed by atoms with Crippen LogP contribution in [-0.2, 0) is 29.7 Å². The van der Waals surface area contributed by atoms with Crippen LogP contribution >= 0.6 is 24.0 Å². The van der Waals surface area contributed by atoms with E-state index >= 15 is 0 Å². The fourth-order valence-electron chi connectivity index (χ4n) is 2.98. The van der Waals surface area contributed by atoms with Gasteiger partial charge in [-0.1, -0.05) is 30.3 Å². The molecule has 1 aromatic heterocycles. The Kier molecular flexibility index (Phi) is 5.93. The third kappa shape index (κ3) is 4.31. The molecule has 1 aliphatic rings. The summed E-state index contributed by atoms with van der Waals surface area (Å²) < 4.78 is 9.45. The summed E-state index contributed by atoms with van der Waals surface area (Å²) in [4.78, 5) is 13.1. The van der Waals surface area contributed by atoms with E-state index in [0.717, 1.165) is 31.1 Å². The third-order valence-corrected chi connectivity index (χ3v) is 6.11. The second kappa shape index (κ2) is 8.16. The maximum atomic E-state index is 11.8. The smallest absolute Gasteiger partial charge is 0.324 e. The quantitative estimate of drug-likeness (QED) is 0.611. The summed E-state index contributed by atoms with van der Waals surface area (Å²) in [6.07, 6.45) is 0.754. The lowest BCUT2D eigenvalue weighted by atomic mass is 10.1. The van der Waals surface area contributed by atoms with Crippen molar-refractivity contribution in [3.05, 3.63) is 46.5 Å². The molecule has 0 bridgehead atoms. The number of carbonyl (C=O) groups is 1. The maximum Gasteiger partial charge on any atom is 0.324 e. The van der Waals surface area contributed by atoms with E-state index in [1.807, 2.05) is 34.5 Å². The van der Waals surface area contributed by atoms with E-state index in [2.05, 4.69) is 12.1 Å². The summed E-state index contributed by atoms with van der Waals surface area (Å²) >= 11 is 7.22. The van der Waals surface area contributed by atoms with E-state index in [9.17, 15) is 4.79 Å². The Morgan fingerprint density at radius 1 is 1.44 bits per heavy atom. The van der Waals surface area contributed by atoms with Crippen molar-refractivity contribution in [1.29, 1.82) is 0 Å². The lowest BCUT2D eigenvalue weighted by Crippen LogP contribution is -3.14. The van der Waals surface area contributed by atoms with Crippen LogP contribution in [0.5, 0.6) is 0 Å². The highest BCUT2D eigenvalue weighted by atomic mass is 32.2. The van der Waals surface area contributed by atoms with Crippen molar-refractivity contribution in [1.82, 2.24) is 14.3 Å². The molecule has 1 aliphatic heterocycles. The molecule has 2 atom stereocenters. The number of hydrogen-bond acceptors (Lipinski definition) is 5. The number of thioether (sulfide) groups is 1. The molecule has 6 nitrogen and oxygen atoms in total. The van der Waals surface area contributed by atoms with Crippen LogP contribution in [0.2, 0.25) is 0 Å². The van der Waals surface area contributed by atoms with E-state index in [1.54, 1.807) is 11.8 Å². The molecule has 1 N–H and O–H groups in total. The van der Waals surface area contributed by atoms with Gasteiger partial charge in [-0.15, -0.1) is 11.8 Å². The highest BCUT2D eigenvalue weighted by molar-refractivity contribution is 8.00. The van der Waals surface area contributed by atoms with Crippen LogP contribution in [0, 0.1) is 4.77 Å². The number of methoxy groups -OCH3 is 1. The zero-order valence-electron chi connectivity index (χ0n) is 14.5. The van der Waals surface area contributed by atoms with Crippen molar-refractivity contribution in [3.8, 4) is 0 Å². The molecule has 0 spiro atoms. The normalized spacial score (nSPS) is 20.4. The Hall–Kier alpha value is -1.64. The first-order valence-corrected chi connectivity index (χ1v) is 9.74. The van der Waals surface area contributed by atoms with Gasteiger partial charge in [0.05, 0.1) is 13.7 Å². The van der Waals surface area contributed by atoms with Gasteiger partial charge in [0.2, 0.25) is 4.77 Å². The molecule has 0 radical (unpaired) electrons. The molecule has 134 valence electrons. The number of aromatic nitrogens is 3. The minimum Gasteiger partial charge on any atom is -0.468 e.